The van der Waals surface area contributed by atoms with Crippen molar-refractivity contribution < 1.29 is 18.0 Å². The Morgan fingerprint density at radius 3 is 2.32 bits per heavy atom. The van der Waals surface area contributed by atoms with E-state index in [-0.39, 0.29) is 48.3 Å². The van der Waals surface area contributed by atoms with Crippen molar-refractivity contribution in [2.75, 3.05) is 26.7 Å². The molecule has 1 saturated heterocycles. The topological polar surface area (TPSA) is 111 Å². The van der Waals surface area contributed by atoms with Crippen molar-refractivity contribution in [1.29, 1.82) is 5.26 Å². The number of piperidine rings is 1. The number of hydrogen-bond acceptors (Lipinski definition) is 5. The summed E-state index contributed by atoms with van der Waals surface area (Å²) >= 11 is 0. The first-order valence-electron chi connectivity index (χ1n) is 9.19. The molecule has 0 aromatic heterocycles. The Kier molecular flexibility index (Phi) is 7.16. The third-order valence-corrected chi connectivity index (χ3v) is 6.54. The van der Waals surface area contributed by atoms with Crippen LogP contribution in [0.5, 0.6) is 0 Å². The highest BCUT2D eigenvalue weighted by Gasteiger charge is 2.33. The summed E-state index contributed by atoms with van der Waals surface area (Å²) in [5, 5.41) is 11.6. The number of benzene rings is 1. The molecule has 1 N–H and O–H groups in total. The van der Waals surface area contributed by atoms with Crippen LogP contribution in [-0.4, -0.2) is 62.2 Å². The number of likely N-dealkylation sites (N-methyl/N-ethyl adjacent to an activating group) is 1. The van der Waals surface area contributed by atoms with Gasteiger partial charge in [0.05, 0.1) is 23.1 Å². The standard InChI is InChI=1S/C19H26N4O4S/c1-14(2)21-18(24)13-22(3)19(25)16-8-10-23(11-9-16)28(26,27)17-6-4-15(12-20)5-7-17/h4-7,14,16H,8-11,13H2,1-3H3,(H,21,24). The lowest BCUT2D eigenvalue weighted by molar-refractivity contribution is -0.139. The van der Waals surface area contributed by atoms with Gasteiger partial charge in [-0.3, -0.25) is 9.59 Å². The predicted molar refractivity (Wildman–Crippen MR) is 104 cm³/mol. The summed E-state index contributed by atoms with van der Waals surface area (Å²) in [6.07, 6.45) is 0.814. The molecule has 2 rings (SSSR count). The smallest absolute Gasteiger partial charge is 0.243 e. The van der Waals surface area contributed by atoms with Crippen LogP contribution in [0.4, 0.5) is 0 Å². The molecular weight excluding hydrogens is 380 g/mol. The summed E-state index contributed by atoms with van der Waals surface area (Å²) < 4.78 is 26.8. The third-order valence-electron chi connectivity index (χ3n) is 4.63. The summed E-state index contributed by atoms with van der Waals surface area (Å²) in [7, 11) is -2.07. The molecule has 0 spiro atoms. The molecule has 0 saturated carbocycles. The predicted octanol–water partition coefficient (Wildman–Crippen LogP) is 0.942. The maximum Gasteiger partial charge on any atom is 0.243 e. The van der Waals surface area contributed by atoms with Gasteiger partial charge in [-0.1, -0.05) is 0 Å². The van der Waals surface area contributed by atoms with Gasteiger partial charge in [0.2, 0.25) is 21.8 Å². The van der Waals surface area contributed by atoms with Gasteiger partial charge in [-0.05, 0) is 51.0 Å². The van der Waals surface area contributed by atoms with Gasteiger partial charge in [0.25, 0.3) is 0 Å². The normalized spacial score (nSPS) is 15.8. The number of carbonyl (C=O) groups excluding carboxylic acids is 2. The summed E-state index contributed by atoms with van der Waals surface area (Å²) in [5.41, 5.74) is 0.396. The first kappa shape index (κ1) is 21.9. The molecule has 2 amide bonds. The van der Waals surface area contributed by atoms with Gasteiger partial charge in [0.1, 0.15) is 0 Å². The molecule has 8 nitrogen and oxygen atoms in total. The molecule has 1 aromatic carbocycles. The molecule has 0 bridgehead atoms. The van der Waals surface area contributed by atoms with Crippen molar-refractivity contribution in [1.82, 2.24) is 14.5 Å². The summed E-state index contributed by atoms with van der Waals surface area (Å²) in [6.45, 7) is 4.17. The summed E-state index contributed by atoms with van der Waals surface area (Å²) in [6, 6.07) is 7.76. The van der Waals surface area contributed by atoms with E-state index in [9.17, 15) is 18.0 Å². The minimum Gasteiger partial charge on any atom is -0.352 e. The SMILES string of the molecule is CC(C)NC(=O)CN(C)C(=O)C1CCN(S(=O)(=O)c2ccc(C#N)cc2)CC1. The van der Waals surface area contributed by atoms with Crippen LogP contribution in [0.1, 0.15) is 32.3 Å². The zero-order chi connectivity index (χ0) is 20.9. The van der Waals surface area contributed by atoms with Crippen molar-refractivity contribution in [2.45, 2.75) is 37.6 Å². The summed E-state index contributed by atoms with van der Waals surface area (Å²) in [4.78, 5) is 25.9. The second kappa shape index (κ2) is 9.17. The fourth-order valence-corrected chi connectivity index (χ4v) is 4.64. The average Bonchev–Trinajstić information content (AvgIpc) is 2.66. The van der Waals surface area contributed by atoms with Crippen LogP contribution >= 0.6 is 0 Å². The minimum absolute atomic E-state index is 0.00618. The Morgan fingerprint density at radius 1 is 1.25 bits per heavy atom. The van der Waals surface area contributed by atoms with Crippen LogP contribution in [0.25, 0.3) is 0 Å². The van der Waals surface area contributed by atoms with E-state index in [2.05, 4.69) is 5.32 Å². The van der Waals surface area contributed by atoms with Crippen LogP contribution in [0.3, 0.4) is 0 Å². The fourth-order valence-electron chi connectivity index (χ4n) is 3.17. The van der Waals surface area contributed by atoms with Gasteiger partial charge >= 0.3 is 0 Å². The van der Waals surface area contributed by atoms with Crippen LogP contribution in [0.2, 0.25) is 0 Å². The fraction of sp³-hybridized carbons (Fsp3) is 0.526. The highest BCUT2D eigenvalue weighted by molar-refractivity contribution is 7.89. The summed E-state index contributed by atoms with van der Waals surface area (Å²) in [5.74, 6) is -0.662. The van der Waals surface area contributed by atoms with Gasteiger partial charge in [-0.2, -0.15) is 9.57 Å². The van der Waals surface area contributed by atoms with Gasteiger partial charge in [0.15, 0.2) is 0 Å². The average molecular weight is 407 g/mol. The highest BCUT2D eigenvalue weighted by atomic mass is 32.2. The first-order chi connectivity index (χ1) is 13.1. The largest absolute Gasteiger partial charge is 0.352 e. The van der Waals surface area contributed by atoms with Gasteiger partial charge in [-0.15, -0.1) is 0 Å². The van der Waals surface area contributed by atoms with Crippen molar-refractivity contribution in [3.8, 4) is 6.07 Å². The van der Waals surface area contributed by atoms with E-state index >= 15 is 0 Å². The number of amides is 2. The molecule has 0 radical (unpaired) electrons. The van der Waals surface area contributed by atoms with Crippen LogP contribution in [-0.2, 0) is 19.6 Å². The first-order valence-corrected chi connectivity index (χ1v) is 10.6. The molecule has 1 heterocycles. The third kappa shape index (κ3) is 5.30. The molecule has 1 aliphatic rings. The minimum atomic E-state index is -3.65. The second-order valence-corrected chi connectivity index (χ2v) is 9.17. The lowest BCUT2D eigenvalue weighted by atomic mass is 9.96. The van der Waals surface area contributed by atoms with E-state index in [1.54, 1.807) is 7.05 Å². The van der Waals surface area contributed by atoms with E-state index in [0.717, 1.165) is 0 Å². The Labute approximate surface area is 166 Å². The zero-order valence-electron chi connectivity index (χ0n) is 16.4. The van der Waals surface area contributed by atoms with Crippen LogP contribution < -0.4 is 5.32 Å². The lowest BCUT2D eigenvalue weighted by Crippen LogP contribution is -2.46. The van der Waals surface area contributed by atoms with Crippen LogP contribution in [0.15, 0.2) is 29.2 Å². The molecule has 1 aliphatic heterocycles. The molecule has 152 valence electrons. The van der Waals surface area contributed by atoms with Crippen LogP contribution in [0, 0.1) is 17.2 Å². The highest BCUT2D eigenvalue weighted by Crippen LogP contribution is 2.25. The quantitative estimate of drug-likeness (QED) is 0.756. The van der Waals surface area contributed by atoms with E-state index in [0.29, 0.717) is 18.4 Å². The Balaban J connectivity index is 1.95. The molecule has 28 heavy (non-hydrogen) atoms. The van der Waals surface area contributed by atoms with Crippen molar-refractivity contribution in [3.63, 3.8) is 0 Å². The van der Waals surface area contributed by atoms with E-state index in [4.69, 9.17) is 5.26 Å². The molecular formula is C19H26N4O4S. The Bertz CT molecular complexity index is 851. The zero-order valence-corrected chi connectivity index (χ0v) is 17.2. The molecule has 9 heteroatoms. The monoisotopic (exact) mass is 406 g/mol. The van der Waals surface area contributed by atoms with E-state index < -0.39 is 10.0 Å². The lowest BCUT2D eigenvalue weighted by Gasteiger charge is -2.32. The Hall–Kier alpha value is -2.44. The molecule has 0 aliphatic carbocycles. The maximum absolute atomic E-state index is 12.7. The van der Waals surface area contributed by atoms with E-state index in [1.807, 2.05) is 19.9 Å². The Morgan fingerprint density at radius 2 is 1.82 bits per heavy atom. The maximum atomic E-state index is 12.7. The van der Waals surface area contributed by atoms with Crippen molar-refractivity contribution in [3.05, 3.63) is 29.8 Å². The van der Waals surface area contributed by atoms with Crippen molar-refractivity contribution in [2.24, 2.45) is 5.92 Å². The van der Waals surface area contributed by atoms with Gasteiger partial charge in [0, 0.05) is 32.1 Å². The number of nitriles is 1. The number of carbonyl (C=O) groups is 2. The second-order valence-electron chi connectivity index (χ2n) is 7.23. The number of nitrogens with zero attached hydrogens (tertiary/aromatic N) is 3. The van der Waals surface area contributed by atoms with Gasteiger partial charge < -0.3 is 10.2 Å². The van der Waals surface area contributed by atoms with Crippen molar-refractivity contribution >= 4 is 21.8 Å². The molecule has 0 unspecified atom stereocenters. The number of rotatable bonds is 6. The van der Waals surface area contributed by atoms with Gasteiger partial charge in [-0.25, -0.2) is 8.42 Å². The van der Waals surface area contributed by atoms with E-state index in [1.165, 1.54) is 33.5 Å². The number of sulfonamides is 1. The number of hydrogen-bond donors (Lipinski definition) is 1. The number of nitrogens with one attached hydrogen (secondary N) is 1. The molecule has 0 atom stereocenters. The molecule has 1 aromatic rings. The molecule has 1 fully saturated rings.